The SMILES string of the molecule is C[C@@H](N1CCn2cc(C(F)(F)F)nc2C1)[C@]1(O)CN(/N=C\N)CC2C(F)=CC(F)=C21. The summed E-state index contributed by atoms with van der Waals surface area (Å²) in [5.41, 5.74) is 2.45. The molecule has 0 aromatic carbocycles. The molecule has 0 bridgehead atoms. The first kappa shape index (κ1) is 20.8. The van der Waals surface area contributed by atoms with Gasteiger partial charge in [-0.15, -0.1) is 0 Å². The summed E-state index contributed by atoms with van der Waals surface area (Å²) in [7, 11) is 0. The molecule has 1 aromatic rings. The van der Waals surface area contributed by atoms with Crippen molar-refractivity contribution in [2.75, 3.05) is 19.6 Å². The molecular weight excluding hydrogens is 411 g/mol. The van der Waals surface area contributed by atoms with Gasteiger partial charge in [0.25, 0.3) is 0 Å². The van der Waals surface area contributed by atoms with Gasteiger partial charge in [-0.05, 0) is 6.92 Å². The molecule has 1 fully saturated rings. The molecule has 3 aliphatic rings. The molecule has 0 saturated carbocycles. The van der Waals surface area contributed by atoms with Crippen molar-refractivity contribution in [1.82, 2.24) is 19.5 Å². The number of aromatic nitrogens is 2. The Bertz CT molecular complexity index is 938. The molecule has 2 aliphatic heterocycles. The largest absolute Gasteiger partial charge is 0.434 e. The summed E-state index contributed by atoms with van der Waals surface area (Å²) in [6, 6.07) is -0.754. The van der Waals surface area contributed by atoms with Crippen molar-refractivity contribution in [2.45, 2.75) is 37.8 Å². The summed E-state index contributed by atoms with van der Waals surface area (Å²) in [6.07, 6.45) is -1.84. The normalized spacial score (nSPS) is 28.7. The molecule has 1 aliphatic carbocycles. The molecule has 1 aromatic heterocycles. The van der Waals surface area contributed by atoms with Crippen LogP contribution in [0.1, 0.15) is 18.4 Å². The highest BCUT2D eigenvalue weighted by atomic mass is 19.4. The van der Waals surface area contributed by atoms with E-state index in [2.05, 4.69) is 10.1 Å². The lowest BCUT2D eigenvalue weighted by molar-refractivity contribution is -0.141. The van der Waals surface area contributed by atoms with E-state index in [-0.39, 0.29) is 37.6 Å². The fourth-order valence-corrected chi connectivity index (χ4v) is 4.51. The predicted octanol–water partition coefficient (Wildman–Crippen LogP) is 1.76. The van der Waals surface area contributed by atoms with E-state index in [4.69, 9.17) is 5.73 Å². The zero-order chi connectivity index (χ0) is 21.8. The van der Waals surface area contributed by atoms with Gasteiger partial charge in [0.15, 0.2) is 5.69 Å². The van der Waals surface area contributed by atoms with Crippen molar-refractivity contribution < 1.29 is 27.1 Å². The van der Waals surface area contributed by atoms with E-state index in [0.717, 1.165) is 18.6 Å². The number of rotatable bonds is 3. The molecular formula is C18H21F5N6O. The first-order valence-corrected chi connectivity index (χ1v) is 9.40. The Balaban J connectivity index is 1.63. The van der Waals surface area contributed by atoms with Gasteiger partial charge in [-0.3, -0.25) is 9.91 Å². The van der Waals surface area contributed by atoms with E-state index in [9.17, 15) is 27.1 Å². The van der Waals surface area contributed by atoms with Crippen molar-refractivity contribution in [2.24, 2.45) is 16.8 Å². The minimum absolute atomic E-state index is 0.0210. The van der Waals surface area contributed by atoms with Crippen molar-refractivity contribution in [3.8, 4) is 0 Å². The van der Waals surface area contributed by atoms with E-state index >= 15 is 0 Å². The number of hydrazone groups is 1. The number of halogens is 5. The fraction of sp³-hybridized carbons (Fsp3) is 0.556. The van der Waals surface area contributed by atoms with Gasteiger partial charge >= 0.3 is 6.18 Å². The highest BCUT2D eigenvalue weighted by molar-refractivity contribution is 5.51. The smallest absolute Gasteiger partial charge is 0.388 e. The van der Waals surface area contributed by atoms with Gasteiger partial charge in [0.05, 0.1) is 19.0 Å². The molecule has 3 heterocycles. The van der Waals surface area contributed by atoms with Crippen LogP contribution in [0.15, 0.2) is 34.6 Å². The van der Waals surface area contributed by atoms with Gasteiger partial charge in [0.1, 0.15) is 29.4 Å². The Morgan fingerprint density at radius 3 is 2.77 bits per heavy atom. The Morgan fingerprint density at radius 2 is 2.10 bits per heavy atom. The maximum absolute atomic E-state index is 14.6. The highest BCUT2D eigenvalue weighted by Gasteiger charge is 2.53. The highest BCUT2D eigenvalue weighted by Crippen LogP contribution is 2.46. The van der Waals surface area contributed by atoms with Crippen LogP contribution in [0.3, 0.4) is 0 Å². The lowest BCUT2D eigenvalue weighted by Crippen LogP contribution is -2.62. The molecule has 30 heavy (non-hydrogen) atoms. The molecule has 164 valence electrons. The third-order valence-electron chi connectivity index (χ3n) is 6.08. The topological polar surface area (TPSA) is 82.9 Å². The summed E-state index contributed by atoms with van der Waals surface area (Å²) in [6.45, 7) is 2.07. The average Bonchev–Trinajstić information content (AvgIpc) is 3.22. The van der Waals surface area contributed by atoms with Gasteiger partial charge in [0.2, 0.25) is 0 Å². The third kappa shape index (κ3) is 3.27. The van der Waals surface area contributed by atoms with Gasteiger partial charge < -0.3 is 15.4 Å². The summed E-state index contributed by atoms with van der Waals surface area (Å²) in [4.78, 5) is 5.38. The molecule has 0 amide bonds. The number of piperidine rings is 1. The second-order valence-electron chi connectivity index (χ2n) is 7.76. The van der Waals surface area contributed by atoms with E-state index < -0.39 is 41.1 Å². The van der Waals surface area contributed by atoms with Crippen molar-refractivity contribution >= 4 is 6.34 Å². The van der Waals surface area contributed by atoms with Crippen LogP contribution >= 0.6 is 0 Å². The van der Waals surface area contributed by atoms with Gasteiger partial charge in [-0.2, -0.15) is 18.3 Å². The molecule has 4 rings (SSSR count). The lowest BCUT2D eigenvalue weighted by Gasteiger charge is -2.49. The number of β-amino-alcohol motifs (C(OH)–C–C–N with tert-alkyl or cyclic N) is 1. The Labute approximate surface area is 168 Å². The van der Waals surface area contributed by atoms with Gasteiger partial charge in [-0.25, -0.2) is 13.8 Å². The molecule has 7 nitrogen and oxygen atoms in total. The number of aliphatic hydroxyl groups is 1. The average molecular weight is 432 g/mol. The number of hydrogen-bond acceptors (Lipinski definition) is 5. The standard InChI is InChI=1S/C18H21F5N6O/c1-10(27-2-3-28-6-14(18(21,22)23)26-15(28)7-27)17(30)8-29(25-9-24)5-11-12(19)4-13(20)16(11)17/h4,6,9-11,30H,2-3,5,7-8H2,1H3,(H2,24,25)/t10-,11?,17-/m1/s1. The van der Waals surface area contributed by atoms with Crippen molar-refractivity contribution in [1.29, 1.82) is 0 Å². The monoisotopic (exact) mass is 432 g/mol. The Kier molecular flexibility index (Phi) is 4.88. The zero-order valence-electron chi connectivity index (χ0n) is 16.1. The second kappa shape index (κ2) is 7.05. The van der Waals surface area contributed by atoms with E-state index in [1.807, 2.05) is 0 Å². The van der Waals surface area contributed by atoms with Gasteiger partial charge in [-0.1, -0.05) is 0 Å². The van der Waals surface area contributed by atoms with Crippen LogP contribution in [0.5, 0.6) is 0 Å². The Hall–Kier alpha value is -2.47. The first-order chi connectivity index (χ1) is 14.0. The van der Waals surface area contributed by atoms with Crippen LogP contribution in [0.4, 0.5) is 22.0 Å². The summed E-state index contributed by atoms with van der Waals surface area (Å²) in [5, 5.41) is 16.8. The second-order valence-corrected chi connectivity index (χ2v) is 7.76. The number of alkyl halides is 3. The van der Waals surface area contributed by atoms with E-state index in [1.54, 1.807) is 11.8 Å². The zero-order valence-corrected chi connectivity index (χ0v) is 16.1. The molecule has 3 atom stereocenters. The number of imidazole rings is 1. The maximum atomic E-state index is 14.6. The number of nitrogens with two attached hydrogens (primary N) is 1. The molecule has 12 heteroatoms. The number of nitrogens with zero attached hydrogens (tertiary/aromatic N) is 5. The lowest BCUT2D eigenvalue weighted by atomic mass is 9.76. The van der Waals surface area contributed by atoms with Crippen molar-refractivity contribution in [3.05, 3.63) is 41.0 Å². The predicted molar refractivity (Wildman–Crippen MR) is 97.1 cm³/mol. The minimum atomic E-state index is -4.56. The molecule has 3 N–H and O–H groups in total. The first-order valence-electron chi connectivity index (χ1n) is 9.40. The van der Waals surface area contributed by atoms with Crippen LogP contribution < -0.4 is 5.73 Å². The maximum Gasteiger partial charge on any atom is 0.434 e. The number of allylic oxidation sites excluding steroid dienone is 2. The van der Waals surface area contributed by atoms with Crippen molar-refractivity contribution in [3.63, 3.8) is 0 Å². The number of fused-ring (bicyclic) bond motifs is 2. The van der Waals surface area contributed by atoms with Gasteiger partial charge in [0, 0.05) is 43.5 Å². The Morgan fingerprint density at radius 1 is 1.37 bits per heavy atom. The quantitative estimate of drug-likeness (QED) is 0.432. The van der Waals surface area contributed by atoms with Crippen LogP contribution in [-0.2, 0) is 19.3 Å². The molecule has 1 unspecified atom stereocenters. The summed E-state index contributed by atoms with van der Waals surface area (Å²) in [5.74, 6) is -2.35. The number of hydrogen-bond donors (Lipinski definition) is 2. The van der Waals surface area contributed by atoms with Crippen LogP contribution in [0, 0.1) is 5.92 Å². The molecule has 1 saturated heterocycles. The van der Waals surface area contributed by atoms with E-state index in [0.29, 0.717) is 6.54 Å². The minimum Gasteiger partial charge on any atom is -0.388 e. The van der Waals surface area contributed by atoms with E-state index in [1.165, 1.54) is 9.58 Å². The molecule has 0 radical (unpaired) electrons. The van der Waals surface area contributed by atoms with Crippen LogP contribution in [0.25, 0.3) is 0 Å². The molecule has 0 spiro atoms. The summed E-state index contributed by atoms with van der Waals surface area (Å²) < 4.78 is 69.2. The van der Waals surface area contributed by atoms with Crippen LogP contribution in [-0.4, -0.2) is 62.2 Å². The van der Waals surface area contributed by atoms with Crippen LogP contribution in [0.2, 0.25) is 0 Å². The third-order valence-corrected chi connectivity index (χ3v) is 6.08. The summed E-state index contributed by atoms with van der Waals surface area (Å²) >= 11 is 0. The fourth-order valence-electron chi connectivity index (χ4n) is 4.51.